The molecule has 6 aromatic carbocycles. The van der Waals surface area contributed by atoms with E-state index >= 15 is 0 Å². The summed E-state index contributed by atoms with van der Waals surface area (Å²) in [7, 11) is 0. The van der Waals surface area contributed by atoms with Gasteiger partial charge in [0.15, 0.2) is 0 Å². The smallest absolute Gasteiger partial charge is 0.0708 e. The van der Waals surface area contributed by atoms with Gasteiger partial charge in [-0.25, -0.2) is 0 Å². The van der Waals surface area contributed by atoms with Gasteiger partial charge in [-0.2, -0.15) is 0 Å². The molecule has 0 aliphatic carbocycles. The first kappa shape index (κ1) is 28.9. The number of benzene rings is 6. The predicted octanol–water partition coefficient (Wildman–Crippen LogP) is 12.0. The lowest BCUT2D eigenvalue weighted by atomic mass is 9.94. The lowest BCUT2D eigenvalue weighted by Gasteiger charge is -2.13. The zero-order chi connectivity index (χ0) is 32.9. The van der Waals surface area contributed by atoms with Crippen molar-refractivity contribution in [2.45, 2.75) is 13.8 Å². The molecule has 3 nitrogen and oxygen atoms in total. The predicted molar refractivity (Wildman–Crippen MR) is 205 cm³/mol. The quantitative estimate of drug-likeness (QED) is 0.190. The van der Waals surface area contributed by atoms with Gasteiger partial charge >= 0.3 is 0 Å². The van der Waals surface area contributed by atoms with Crippen LogP contribution >= 0.6 is 0 Å². The molecular formula is C46H33N3. The van der Waals surface area contributed by atoms with Crippen molar-refractivity contribution in [1.82, 2.24) is 14.5 Å². The Morgan fingerprint density at radius 1 is 0.429 bits per heavy atom. The fourth-order valence-electron chi connectivity index (χ4n) is 7.19. The van der Waals surface area contributed by atoms with Crippen molar-refractivity contribution in [2.75, 3.05) is 0 Å². The van der Waals surface area contributed by atoms with E-state index in [1.54, 1.807) is 0 Å². The lowest BCUT2D eigenvalue weighted by molar-refractivity contribution is 1.19. The van der Waals surface area contributed by atoms with E-state index in [0.717, 1.165) is 39.3 Å². The van der Waals surface area contributed by atoms with Crippen LogP contribution in [0.5, 0.6) is 0 Å². The Morgan fingerprint density at radius 2 is 0.959 bits per heavy atom. The first-order chi connectivity index (χ1) is 24.1. The molecule has 0 amide bonds. The maximum atomic E-state index is 4.78. The van der Waals surface area contributed by atoms with Gasteiger partial charge in [-0.05, 0) is 89.0 Å². The van der Waals surface area contributed by atoms with E-state index in [9.17, 15) is 0 Å². The monoisotopic (exact) mass is 627 g/mol. The summed E-state index contributed by atoms with van der Waals surface area (Å²) in [5.41, 5.74) is 14.8. The number of hydrogen-bond donors (Lipinski definition) is 0. The van der Waals surface area contributed by atoms with Crippen molar-refractivity contribution in [2.24, 2.45) is 0 Å². The molecule has 0 aliphatic rings. The minimum absolute atomic E-state index is 0.978. The first-order valence-electron chi connectivity index (χ1n) is 16.7. The highest BCUT2D eigenvalue weighted by atomic mass is 15.0. The van der Waals surface area contributed by atoms with E-state index in [-0.39, 0.29) is 0 Å². The summed E-state index contributed by atoms with van der Waals surface area (Å²) in [6.45, 7) is 4.15. The number of para-hydroxylation sites is 1. The van der Waals surface area contributed by atoms with Crippen molar-refractivity contribution in [1.29, 1.82) is 0 Å². The van der Waals surface area contributed by atoms with Gasteiger partial charge < -0.3 is 4.57 Å². The van der Waals surface area contributed by atoms with E-state index in [2.05, 4.69) is 170 Å². The Bertz CT molecular complexity index is 2650. The number of aromatic nitrogens is 3. The highest BCUT2D eigenvalue weighted by molar-refractivity contribution is 6.19. The van der Waals surface area contributed by atoms with E-state index in [1.807, 2.05) is 12.4 Å². The Morgan fingerprint density at radius 3 is 1.55 bits per heavy atom. The van der Waals surface area contributed by atoms with Crippen LogP contribution in [-0.2, 0) is 0 Å². The van der Waals surface area contributed by atoms with Crippen molar-refractivity contribution in [3.63, 3.8) is 0 Å². The Balaban J connectivity index is 1.26. The number of fused-ring (bicyclic) bond motifs is 5. The molecule has 0 unspecified atom stereocenters. The number of aryl methyl sites for hydroxylation is 2. The molecule has 3 heteroatoms. The van der Waals surface area contributed by atoms with Crippen LogP contribution in [0.3, 0.4) is 0 Å². The molecule has 3 heterocycles. The molecule has 0 atom stereocenters. The summed E-state index contributed by atoms with van der Waals surface area (Å²) in [5, 5.41) is 4.89. The SMILES string of the molecule is Cc1ccc(-c2ccccc2-c2ccc3c(ccc4c5ccc(-c6ccccc6-c6ccc(C)cn6)cc5n(-c5ccccc5)c34)c2)nc1. The Kier molecular flexibility index (Phi) is 6.91. The molecule has 0 fully saturated rings. The number of hydrogen-bond acceptors (Lipinski definition) is 2. The number of pyridine rings is 2. The topological polar surface area (TPSA) is 30.7 Å². The van der Waals surface area contributed by atoms with Crippen LogP contribution < -0.4 is 0 Å². The highest BCUT2D eigenvalue weighted by Gasteiger charge is 2.18. The standard InChI is InChI=1S/C46H33N3/c1-30-16-24-43(47-28-30)39-14-8-6-12-36(39)32-18-21-38-33(26-32)20-23-42-41-22-19-34(27-45(41)49(46(38)42)35-10-4-3-5-11-35)37-13-7-9-15-40(37)44-25-17-31(2)29-48-44/h3-29H,1-2H3. The minimum atomic E-state index is 0.978. The maximum Gasteiger partial charge on any atom is 0.0708 e. The molecular weight excluding hydrogens is 595 g/mol. The van der Waals surface area contributed by atoms with Crippen LogP contribution in [0.15, 0.2) is 164 Å². The van der Waals surface area contributed by atoms with Gasteiger partial charge in [-0.1, -0.05) is 115 Å². The average Bonchev–Trinajstić information content (AvgIpc) is 3.50. The summed E-state index contributed by atoms with van der Waals surface area (Å²) < 4.78 is 2.44. The fourth-order valence-corrected chi connectivity index (χ4v) is 7.19. The second-order valence-electron chi connectivity index (χ2n) is 12.8. The van der Waals surface area contributed by atoms with Crippen LogP contribution in [0.25, 0.3) is 83.0 Å². The van der Waals surface area contributed by atoms with E-state index in [1.165, 1.54) is 54.8 Å². The molecule has 232 valence electrons. The summed E-state index contributed by atoms with van der Waals surface area (Å²) in [6.07, 6.45) is 3.88. The van der Waals surface area contributed by atoms with Gasteiger partial charge in [0.25, 0.3) is 0 Å². The summed E-state index contributed by atoms with van der Waals surface area (Å²) in [5.74, 6) is 0. The van der Waals surface area contributed by atoms with Crippen LogP contribution in [0.2, 0.25) is 0 Å². The van der Waals surface area contributed by atoms with E-state index < -0.39 is 0 Å². The molecule has 9 aromatic rings. The van der Waals surface area contributed by atoms with Gasteiger partial charge in [-0.3, -0.25) is 9.97 Å². The van der Waals surface area contributed by atoms with Gasteiger partial charge in [0.1, 0.15) is 0 Å². The second-order valence-corrected chi connectivity index (χ2v) is 12.8. The molecule has 9 rings (SSSR count). The summed E-state index contributed by atoms with van der Waals surface area (Å²) in [6, 6.07) is 54.7. The van der Waals surface area contributed by atoms with Gasteiger partial charge in [-0.15, -0.1) is 0 Å². The number of nitrogens with zero attached hydrogens (tertiary/aromatic N) is 3. The van der Waals surface area contributed by atoms with Crippen molar-refractivity contribution in [3.05, 3.63) is 175 Å². The zero-order valence-corrected chi connectivity index (χ0v) is 27.4. The van der Waals surface area contributed by atoms with Crippen LogP contribution in [0, 0.1) is 13.8 Å². The van der Waals surface area contributed by atoms with Gasteiger partial charge in [0.05, 0.1) is 22.4 Å². The third kappa shape index (κ3) is 4.99. The third-order valence-electron chi connectivity index (χ3n) is 9.61. The molecule has 0 N–H and O–H groups in total. The van der Waals surface area contributed by atoms with Gasteiger partial charge in [0, 0.05) is 45.4 Å². The lowest BCUT2D eigenvalue weighted by Crippen LogP contribution is -1.95. The average molecular weight is 628 g/mol. The molecule has 0 saturated carbocycles. The van der Waals surface area contributed by atoms with Gasteiger partial charge in [0.2, 0.25) is 0 Å². The fraction of sp³-hybridized carbons (Fsp3) is 0.0435. The number of rotatable bonds is 5. The highest BCUT2D eigenvalue weighted by Crippen LogP contribution is 2.41. The van der Waals surface area contributed by atoms with Crippen molar-refractivity contribution in [3.8, 4) is 50.5 Å². The maximum absolute atomic E-state index is 4.78. The molecule has 0 bridgehead atoms. The Labute approximate surface area is 285 Å². The normalized spacial score (nSPS) is 11.5. The van der Waals surface area contributed by atoms with Crippen LogP contribution in [-0.4, -0.2) is 14.5 Å². The molecule has 0 spiro atoms. The zero-order valence-electron chi connectivity index (χ0n) is 27.4. The molecule has 3 aromatic heterocycles. The minimum Gasteiger partial charge on any atom is -0.309 e. The second kappa shape index (κ2) is 11.7. The third-order valence-corrected chi connectivity index (χ3v) is 9.61. The molecule has 0 saturated heterocycles. The van der Waals surface area contributed by atoms with Crippen molar-refractivity contribution >= 4 is 32.6 Å². The largest absolute Gasteiger partial charge is 0.309 e. The van der Waals surface area contributed by atoms with Crippen LogP contribution in [0.4, 0.5) is 0 Å². The summed E-state index contributed by atoms with van der Waals surface area (Å²) >= 11 is 0. The first-order valence-corrected chi connectivity index (χ1v) is 16.7. The van der Waals surface area contributed by atoms with Crippen molar-refractivity contribution < 1.29 is 0 Å². The van der Waals surface area contributed by atoms with Crippen LogP contribution in [0.1, 0.15) is 11.1 Å². The summed E-state index contributed by atoms with van der Waals surface area (Å²) in [4.78, 5) is 9.53. The Hall–Kier alpha value is -6.32. The van der Waals surface area contributed by atoms with E-state index in [0.29, 0.717) is 0 Å². The molecule has 0 aliphatic heterocycles. The van der Waals surface area contributed by atoms with E-state index in [4.69, 9.17) is 9.97 Å². The molecule has 49 heavy (non-hydrogen) atoms. The molecule has 0 radical (unpaired) electrons.